The second kappa shape index (κ2) is 34.0. The van der Waals surface area contributed by atoms with Crippen molar-refractivity contribution in [2.24, 2.45) is 34.1 Å². The maximum absolute atomic E-state index is 12.0. The second-order valence-electron chi connectivity index (χ2n) is 13.5. The van der Waals surface area contributed by atoms with Crippen molar-refractivity contribution in [1.29, 1.82) is 0 Å². The Hall–Kier alpha value is 0.0700. The van der Waals surface area contributed by atoms with Gasteiger partial charge in [-0.05, 0) is 61.5 Å². The molecule has 0 aliphatic heterocycles. The van der Waals surface area contributed by atoms with Crippen molar-refractivity contribution in [2.45, 2.75) is 104 Å². The monoisotopic (exact) mass is 1150 g/mol. The Bertz CT molecular complexity index is 1230. The number of nitrogens with one attached hydrogen (secondary N) is 2. The molecule has 11 N–H and O–H groups in total. The van der Waals surface area contributed by atoms with Gasteiger partial charge in [-0.1, -0.05) is 59.6 Å². The predicted molar refractivity (Wildman–Crippen MR) is 237 cm³/mol. The van der Waals surface area contributed by atoms with E-state index in [-0.39, 0.29) is 111 Å². The Morgan fingerprint density at radius 1 is 0.778 bits per heavy atom. The van der Waals surface area contributed by atoms with Gasteiger partial charge >= 0.3 is 53.4 Å². The molecular weight excluding hydrogens is 1100 g/mol. The third-order valence-corrected chi connectivity index (χ3v) is 9.58. The molecule has 2 aliphatic carbocycles. The molecule has 2 aliphatic rings. The minimum atomic E-state index is -1.14. The summed E-state index contributed by atoms with van der Waals surface area (Å²) in [5.41, 5.74) is 10.3. The molecule has 2 saturated carbocycles. The summed E-state index contributed by atoms with van der Waals surface area (Å²) in [4.78, 5) is 66.3. The molecule has 21 heteroatoms. The van der Waals surface area contributed by atoms with Crippen LogP contribution in [-0.2, 0) is 28.8 Å². The van der Waals surface area contributed by atoms with Gasteiger partial charge in [-0.3, -0.25) is 19.2 Å². The van der Waals surface area contributed by atoms with Crippen LogP contribution >= 0.6 is 85.6 Å². The van der Waals surface area contributed by atoms with Crippen molar-refractivity contribution >= 4 is 121 Å². The van der Waals surface area contributed by atoms with E-state index in [4.69, 9.17) is 31.9 Å². The number of unbranched alkanes of at least 4 members (excludes halogenated alkanes) is 5. The molecule has 4 atom stereocenters. The number of carbonyl (C=O) groups is 6. The number of hydrogen-bond donors (Lipinski definition) is 9. The Labute approximate surface area is 391 Å². The number of allylic oxidation sites excluding steroid dienone is 2. The fraction of sp³-hybridized carbons (Fsp3) is 0.697. The van der Waals surface area contributed by atoms with Crippen molar-refractivity contribution in [1.82, 2.24) is 10.6 Å². The van der Waals surface area contributed by atoms with Gasteiger partial charge in [0.2, 0.25) is 11.8 Å². The van der Waals surface area contributed by atoms with Crippen LogP contribution in [0.1, 0.15) is 92.4 Å². The van der Waals surface area contributed by atoms with E-state index in [1.54, 1.807) is 6.08 Å². The van der Waals surface area contributed by atoms with Crippen LogP contribution in [0.15, 0.2) is 23.5 Å². The number of carbonyl (C=O) groups excluding carboxylic acids is 2. The zero-order chi connectivity index (χ0) is 39.9. The summed E-state index contributed by atoms with van der Waals surface area (Å²) in [6, 6.07) is -1.67. The van der Waals surface area contributed by atoms with Gasteiger partial charge in [0.1, 0.15) is 23.5 Å². The van der Waals surface area contributed by atoms with Crippen molar-refractivity contribution in [2.75, 3.05) is 17.3 Å². The normalized spacial score (nSPS) is 18.0. The number of amides is 2. The summed E-state index contributed by atoms with van der Waals surface area (Å²) in [7, 11) is 0. The molecule has 310 valence electrons. The standard InChI is InChI=1S/C16H26N2O5S.C14H23NO3.C3H7NO2S.I2.HI.Na.H2O/c1-16(2)8-10(16)13(19)18-12(15(22)23)6-4-3-5-7-24-9-11(17)14(20)21;1-4-5-6-7-8-11(13(17)18)15-12(16)10-9-14(10,2)3;4-2(1-7)3(5)6;1-2;;;/h6,10-11H,3-5,7-9,17H2,1-2H3,(H,18,19)(H,20,21)(H,22,23);8,10H,4-7,9H2,1-3H3,(H,15,16)(H,17,18);2,7H,1,4H2,(H,5,6);;1H;;1H2/q;;;;;+1;/p-1/b12-6-;11-8-;;;;;/t10-,11+;10-;2-;;;;/m110..../s1. The average Bonchev–Trinajstić information content (AvgIpc) is 3.93. The van der Waals surface area contributed by atoms with E-state index in [0.717, 1.165) is 50.7 Å². The third kappa shape index (κ3) is 29.3. The number of hydrogen-bond acceptors (Lipinski definition) is 11. The quantitative estimate of drug-likeness (QED) is 0.0279. The van der Waals surface area contributed by atoms with E-state index in [9.17, 15) is 28.8 Å². The molecule has 15 nitrogen and oxygen atoms in total. The number of nitrogens with two attached hydrogens (primary N) is 2. The third-order valence-electron chi connectivity index (χ3n) is 8.01. The Morgan fingerprint density at radius 2 is 1.13 bits per heavy atom. The van der Waals surface area contributed by atoms with Gasteiger partial charge in [0.15, 0.2) is 0 Å². The Kier molecular flexibility index (Phi) is 39.8. The van der Waals surface area contributed by atoms with E-state index in [0.29, 0.717) is 18.6 Å². The first kappa shape index (κ1) is 63.2. The van der Waals surface area contributed by atoms with E-state index in [2.05, 4.69) is 67.4 Å². The van der Waals surface area contributed by atoms with Crippen molar-refractivity contribution < 1.29 is 84.2 Å². The molecule has 0 heterocycles. The molecule has 2 rings (SSSR count). The predicted octanol–water partition coefficient (Wildman–Crippen LogP) is 2.67. The van der Waals surface area contributed by atoms with E-state index >= 15 is 0 Å². The maximum atomic E-state index is 12.0. The molecule has 2 fully saturated rings. The number of carboxylic acid groups (broad SMARTS) is 4. The summed E-state index contributed by atoms with van der Waals surface area (Å²) in [5, 5.41) is 39.9. The zero-order valence-electron chi connectivity index (χ0n) is 31.8. The molecular formula is C33H58I3N4NaO11S2. The summed E-state index contributed by atoms with van der Waals surface area (Å²) in [6.07, 6.45) is 10.7. The fourth-order valence-corrected chi connectivity index (χ4v) is 5.38. The van der Waals surface area contributed by atoms with Crippen LogP contribution in [0.25, 0.3) is 0 Å². The van der Waals surface area contributed by atoms with Crippen molar-refractivity contribution in [3.8, 4) is 0 Å². The molecule has 0 radical (unpaired) electrons. The smallest absolute Gasteiger partial charge is 0.870 e. The van der Waals surface area contributed by atoms with Gasteiger partial charge in [0.05, 0.1) is 0 Å². The van der Waals surface area contributed by atoms with E-state index in [1.165, 1.54) is 17.8 Å². The largest absolute Gasteiger partial charge is 1.00 e. The molecule has 0 unspecified atom stereocenters. The number of thioether (sulfide) groups is 1. The van der Waals surface area contributed by atoms with Gasteiger partial charge in [-0.15, -0.1) is 24.0 Å². The van der Waals surface area contributed by atoms with Crippen LogP contribution in [0.3, 0.4) is 0 Å². The number of rotatable bonds is 20. The van der Waals surface area contributed by atoms with Crippen LogP contribution in [0.5, 0.6) is 0 Å². The Balaban J connectivity index is -0.000000236. The van der Waals surface area contributed by atoms with Crippen LogP contribution in [-0.4, -0.2) is 90.9 Å². The molecule has 0 aromatic rings. The van der Waals surface area contributed by atoms with Gasteiger partial charge in [0, 0.05) is 60.6 Å². The van der Waals surface area contributed by atoms with Crippen LogP contribution in [0.2, 0.25) is 0 Å². The minimum absolute atomic E-state index is 0. The fourth-order valence-electron chi connectivity index (χ4n) is 4.25. The van der Waals surface area contributed by atoms with E-state index < -0.39 is 36.0 Å². The van der Waals surface area contributed by atoms with Crippen molar-refractivity contribution in [3.05, 3.63) is 23.5 Å². The van der Waals surface area contributed by atoms with E-state index in [1.807, 2.05) is 27.7 Å². The van der Waals surface area contributed by atoms with Crippen LogP contribution in [0.4, 0.5) is 0 Å². The Morgan fingerprint density at radius 3 is 1.39 bits per heavy atom. The molecule has 0 aromatic heterocycles. The number of carboxylic acids is 4. The van der Waals surface area contributed by atoms with Crippen molar-refractivity contribution in [3.63, 3.8) is 0 Å². The first-order valence-electron chi connectivity index (χ1n) is 16.5. The van der Waals surface area contributed by atoms with Gasteiger partial charge in [0.25, 0.3) is 0 Å². The molecule has 54 heavy (non-hydrogen) atoms. The summed E-state index contributed by atoms with van der Waals surface area (Å²) < 4.78 is 0. The van der Waals surface area contributed by atoms with Gasteiger partial charge in [-0.2, -0.15) is 24.4 Å². The van der Waals surface area contributed by atoms with Gasteiger partial charge < -0.3 is 48.0 Å². The minimum Gasteiger partial charge on any atom is -0.870 e. The average molecular weight is 1150 g/mol. The van der Waals surface area contributed by atoms with Crippen LogP contribution < -0.4 is 51.7 Å². The molecule has 0 bridgehead atoms. The van der Waals surface area contributed by atoms with Gasteiger partial charge in [-0.25, -0.2) is 9.59 Å². The molecule has 0 saturated heterocycles. The molecule has 0 spiro atoms. The number of thiol groups is 1. The first-order valence-corrected chi connectivity index (χ1v) is 24.6. The molecule has 2 amide bonds. The summed E-state index contributed by atoms with van der Waals surface area (Å²) >= 11 is 9.35. The topological polar surface area (TPSA) is 289 Å². The zero-order valence-corrected chi connectivity index (χ0v) is 42.2. The molecule has 0 aromatic carbocycles. The second-order valence-corrected chi connectivity index (χ2v) is 15.0. The van der Waals surface area contributed by atoms with Crippen LogP contribution in [0, 0.1) is 22.7 Å². The number of halogens is 3. The maximum Gasteiger partial charge on any atom is 1.00 e. The first-order chi connectivity index (χ1) is 23.7. The number of aliphatic carboxylic acids is 4. The SMILES string of the molecule is CC1(C)C[C@@H]1C(=O)N/C(=C\CCCCSC[C@H](N)C(=O)O)C(=O)O.CCCCC/C=C(\NC(=O)[C@H]1CC1(C)C)C(=O)O.I.II.N[C@@H](CS)C(=O)O.[Na+].[OH-]. The summed E-state index contributed by atoms with van der Waals surface area (Å²) in [5.74, 6) is -3.45. The summed E-state index contributed by atoms with van der Waals surface area (Å²) in [6.45, 7) is 10.1.